The molecular formula is C36H34N2O4. The normalized spacial score (nSPS) is 16.1. The van der Waals surface area contributed by atoms with Crippen LogP contribution >= 0.6 is 0 Å². The second-order valence-corrected chi connectivity index (χ2v) is 11.2. The third-order valence-corrected chi connectivity index (χ3v) is 8.13. The monoisotopic (exact) mass is 558 g/mol. The van der Waals surface area contributed by atoms with Crippen LogP contribution in [0, 0.1) is 0 Å². The van der Waals surface area contributed by atoms with Crippen molar-refractivity contribution in [2.24, 2.45) is 0 Å². The van der Waals surface area contributed by atoms with Crippen molar-refractivity contribution in [1.82, 2.24) is 0 Å². The van der Waals surface area contributed by atoms with Gasteiger partial charge < -0.3 is 19.3 Å². The standard InChI is InChI=1S/C36H34N2O4/c1-37(2)26-14-9-24(10-15-26)35(39)41-33-22-21-31-30-18-13-23-7-5-6-8-28(23)29(30)19-20-32(31)34(33)42-36(40)25-11-16-27(17-12-25)38(3)4/h5-20,33-34H,21-22H2,1-4H3/t33-,34-/m0/s1. The Labute approximate surface area is 246 Å². The molecule has 6 heteroatoms. The maximum atomic E-state index is 13.5. The van der Waals surface area contributed by atoms with Crippen LogP contribution in [0.2, 0.25) is 0 Å². The van der Waals surface area contributed by atoms with Gasteiger partial charge in [0, 0.05) is 45.1 Å². The predicted octanol–water partition coefficient (Wildman–Crippen LogP) is 7.19. The molecule has 42 heavy (non-hydrogen) atoms. The minimum atomic E-state index is -0.740. The number of anilines is 2. The Balaban J connectivity index is 1.36. The summed E-state index contributed by atoms with van der Waals surface area (Å²) in [7, 11) is 7.80. The predicted molar refractivity (Wildman–Crippen MR) is 169 cm³/mol. The molecule has 0 bridgehead atoms. The van der Waals surface area contributed by atoms with E-state index in [0.29, 0.717) is 24.0 Å². The Morgan fingerprint density at radius 1 is 0.619 bits per heavy atom. The molecule has 212 valence electrons. The molecule has 5 aromatic rings. The molecule has 0 unspecified atom stereocenters. The van der Waals surface area contributed by atoms with Crippen molar-refractivity contribution in [1.29, 1.82) is 0 Å². The van der Waals surface area contributed by atoms with Gasteiger partial charge in [0.15, 0.2) is 6.10 Å². The zero-order valence-corrected chi connectivity index (χ0v) is 24.3. The number of benzene rings is 5. The van der Waals surface area contributed by atoms with Gasteiger partial charge in [-0.15, -0.1) is 0 Å². The number of esters is 2. The van der Waals surface area contributed by atoms with Crippen molar-refractivity contribution >= 4 is 44.9 Å². The zero-order valence-electron chi connectivity index (χ0n) is 24.3. The summed E-state index contributed by atoms with van der Waals surface area (Å²) in [6, 6.07) is 31.3. The van der Waals surface area contributed by atoms with Crippen LogP contribution in [0.5, 0.6) is 0 Å². The summed E-state index contributed by atoms with van der Waals surface area (Å²) in [4.78, 5) is 30.7. The lowest BCUT2D eigenvalue weighted by atomic mass is 9.83. The first-order chi connectivity index (χ1) is 20.3. The Bertz CT molecular complexity index is 1780. The molecule has 0 N–H and O–H groups in total. The average Bonchev–Trinajstić information content (AvgIpc) is 3.01. The van der Waals surface area contributed by atoms with E-state index in [4.69, 9.17) is 9.47 Å². The smallest absolute Gasteiger partial charge is 0.338 e. The first-order valence-corrected chi connectivity index (χ1v) is 14.2. The minimum absolute atomic E-state index is 0.433. The molecule has 1 aliphatic carbocycles. The minimum Gasteiger partial charge on any atom is -0.454 e. The van der Waals surface area contributed by atoms with Crippen molar-refractivity contribution in [3.05, 3.63) is 119 Å². The SMILES string of the molecule is CN(C)c1ccc(C(=O)O[C@H]2CCc3c(ccc4c3ccc3ccccc34)[C@@H]2OC(=O)c2ccc(N(C)C)cc2)cc1. The molecule has 0 radical (unpaired) electrons. The number of carbonyl (C=O) groups is 2. The van der Waals surface area contributed by atoms with E-state index in [2.05, 4.69) is 30.3 Å². The summed E-state index contributed by atoms with van der Waals surface area (Å²) in [6.07, 6.45) is -0.122. The highest BCUT2D eigenvalue weighted by atomic mass is 16.6. The average molecular weight is 559 g/mol. The molecule has 0 saturated carbocycles. The number of hydrogen-bond donors (Lipinski definition) is 0. The fraction of sp³-hybridized carbons (Fsp3) is 0.222. The molecule has 0 aromatic heterocycles. The van der Waals surface area contributed by atoms with Gasteiger partial charge in [-0.3, -0.25) is 0 Å². The second kappa shape index (κ2) is 11.2. The molecule has 6 nitrogen and oxygen atoms in total. The van der Waals surface area contributed by atoms with Crippen molar-refractivity contribution in [2.45, 2.75) is 25.0 Å². The zero-order chi connectivity index (χ0) is 29.4. The second-order valence-electron chi connectivity index (χ2n) is 11.2. The molecule has 5 aromatic carbocycles. The topological polar surface area (TPSA) is 59.1 Å². The Morgan fingerprint density at radius 3 is 1.81 bits per heavy atom. The van der Waals surface area contributed by atoms with Crippen LogP contribution in [-0.4, -0.2) is 46.2 Å². The third kappa shape index (κ3) is 5.16. The summed E-state index contributed by atoms with van der Waals surface area (Å²) in [5.41, 5.74) is 4.89. The summed E-state index contributed by atoms with van der Waals surface area (Å²) >= 11 is 0. The quantitative estimate of drug-likeness (QED) is 0.162. The summed E-state index contributed by atoms with van der Waals surface area (Å²) in [5, 5.41) is 4.65. The molecule has 6 rings (SSSR count). The van der Waals surface area contributed by atoms with Crippen molar-refractivity contribution in [3.63, 3.8) is 0 Å². The summed E-state index contributed by atoms with van der Waals surface area (Å²) < 4.78 is 12.3. The van der Waals surface area contributed by atoms with E-state index in [1.165, 1.54) is 10.8 Å². The van der Waals surface area contributed by atoms with Gasteiger partial charge in [0.05, 0.1) is 11.1 Å². The van der Waals surface area contributed by atoms with Gasteiger partial charge in [-0.1, -0.05) is 48.5 Å². The van der Waals surface area contributed by atoms with Gasteiger partial charge in [0.1, 0.15) is 6.10 Å². The van der Waals surface area contributed by atoms with Crippen LogP contribution in [0.4, 0.5) is 11.4 Å². The van der Waals surface area contributed by atoms with E-state index >= 15 is 0 Å². The molecular weight excluding hydrogens is 524 g/mol. The molecule has 1 aliphatic rings. The molecule has 0 spiro atoms. The van der Waals surface area contributed by atoms with Gasteiger partial charge in [-0.05, 0) is 88.5 Å². The van der Waals surface area contributed by atoms with Crippen molar-refractivity contribution < 1.29 is 19.1 Å². The Morgan fingerprint density at radius 2 is 1.19 bits per heavy atom. The fourth-order valence-electron chi connectivity index (χ4n) is 5.79. The van der Waals surface area contributed by atoms with Crippen LogP contribution in [0.1, 0.15) is 44.4 Å². The van der Waals surface area contributed by atoms with Crippen LogP contribution < -0.4 is 9.80 Å². The van der Waals surface area contributed by atoms with E-state index < -0.39 is 24.1 Å². The maximum Gasteiger partial charge on any atom is 0.338 e. The largest absolute Gasteiger partial charge is 0.454 e. The lowest BCUT2D eigenvalue weighted by Crippen LogP contribution is -2.33. The van der Waals surface area contributed by atoms with Gasteiger partial charge in [0.25, 0.3) is 0 Å². The fourth-order valence-corrected chi connectivity index (χ4v) is 5.79. The number of ether oxygens (including phenoxy) is 2. The molecule has 0 saturated heterocycles. The molecule has 0 aliphatic heterocycles. The number of rotatable bonds is 6. The number of hydrogen-bond acceptors (Lipinski definition) is 6. The number of nitrogens with zero attached hydrogens (tertiary/aromatic N) is 2. The van der Waals surface area contributed by atoms with Gasteiger partial charge in [-0.2, -0.15) is 0 Å². The van der Waals surface area contributed by atoms with Crippen molar-refractivity contribution in [3.8, 4) is 0 Å². The first-order valence-electron chi connectivity index (χ1n) is 14.2. The van der Waals surface area contributed by atoms with E-state index in [1.807, 2.05) is 80.5 Å². The maximum absolute atomic E-state index is 13.5. The summed E-state index contributed by atoms with van der Waals surface area (Å²) in [5.74, 6) is -0.884. The number of carbonyl (C=O) groups excluding carboxylic acids is 2. The van der Waals surface area contributed by atoms with Gasteiger partial charge in [0.2, 0.25) is 0 Å². The van der Waals surface area contributed by atoms with Crippen LogP contribution in [0.25, 0.3) is 21.5 Å². The molecule has 0 heterocycles. The van der Waals surface area contributed by atoms with E-state index in [-0.39, 0.29) is 0 Å². The van der Waals surface area contributed by atoms with Crippen LogP contribution in [-0.2, 0) is 15.9 Å². The van der Waals surface area contributed by atoms with Gasteiger partial charge >= 0.3 is 11.9 Å². The molecule has 2 atom stereocenters. The van der Waals surface area contributed by atoms with Crippen LogP contribution in [0.3, 0.4) is 0 Å². The van der Waals surface area contributed by atoms with E-state index in [9.17, 15) is 9.59 Å². The van der Waals surface area contributed by atoms with E-state index in [1.54, 1.807) is 24.3 Å². The highest BCUT2D eigenvalue weighted by Crippen LogP contribution is 2.41. The highest BCUT2D eigenvalue weighted by molar-refractivity contribution is 6.08. The lowest BCUT2D eigenvalue weighted by molar-refractivity contribution is -0.0436. The molecule has 0 fully saturated rings. The van der Waals surface area contributed by atoms with Gasteiger partial charge in [-0.25, -0.2) is 9.59 Å². The highest BCUT2D eigenvalue weighted by Gasteiger charge is 2.37. The Kier molecular flexibility index (Phi) is 7.29. The molecule has 0 amide bonds. The third-order valence-electron chi connectivity index (χ3n) is 8.13. The lowest BCUT2D eigenvalue weighted by Gasteiger charge is -2.33. The Hall–Kier alpha value is -4.84. The van der Waals surface area contributed by atoms with Crippen molar-refractivity contribution in [2.75, 3.05) is 38.0 Å². The van der Waals surface area contributed by atoms with E-state index in [0.717, 1.165) is 33.3 Å². The summed E-state index contributed by atoms with van der Waals surface area (Å²) in [6.45, 7) is 0. The number of aryl methyl sites for hydroxylation is 1. The first kappa shape index (κ1) is 27.3. The van der Waals surface area contributed by atoms with Crippen LogP contribution in [0.15, 0.2) is 97.1 Å². The number of fused-ring (bicyclic) bond motifs is 5.